The largest absolute Gasteiger partial charge is 0.294 e. The van der Waals surface area contributed by atoms with Crippen molar-refractivity contribution in [3.05, 3.63) is 47.5 Å². The van der Waals surface area contributed by atoms with Crippen LogP contribution in [0.1, 0.15) is 21.6 Å². The summed E-state index contributed by atoms with van der Waals surface area (Å²) in [6.07, 6.45) is 5.46. The van der Waals surface area contributed by atoms with E-state index in [-0.39, 0.29) is 5.78 Å². The van der Waals surface area contributed by atoms with E-state index in [1.807, 2.05) is 32.3 Å². The van der Waals surface area contributed by atoms with Crippen LogP contribution in [0.4, 0.5) is 0 Å². The first-order valence-corrected chi connectivity index (χ1v) is 5.09. The maximum Gasteiger partial charge on any atom is 0.170 e. The number of hydrogen-bond donors (Lipinski definition) is 0. The molecule has 2 rings (SSSR count). The maximum absolute atomic E-state index is 12.0. The minimum atomic E-state index is 0.0595. The molecule has 2 aromatic heterocycles. The van der Waals surface area contributed by atoms with Crippen molar-refractivity contribution >= 4 is 5.78 Å². The summed E-state index contributed by atoms with van der Waals surface area (Å²) in [5.74, 6) is 0.0595. The van der Waals surface area contributed by atoms with Crippen molar-refractivity contribution in [1.29, 1.82) is 0 Å². The molecule has 0 unspecified atom stereocenters. The second-order valence-corrected chi connectivity index (χ2v) is 3.77. The number of hydrogen-bond acceptors (Lipinski definition) is 3. The molecule has 0 aromatic carbocycles. The molecule has 0 spiro atoms. The van der Waals surface area contributed by atoms with Crippen molar-refractivity contribution in [2.24, 2.45) is 7.05 Å². The molecular formula is C12H13N3O. The smallest absolute Gasteiger partial charge is 0.170 e. The van der Waals surface area contributed by atoms with Gasteiger partial charge < -0.3 is 0 Å². The van der Waals surface area contributed by atoms with Crippen LogP contribution in [0.25, 0.3) is 0 Å². The van der Waals surface area contributed by atoms with Crippen LogP contribution in [-0.4, -0.2) is 20.5 Å². The lowest BCUT2D eigenvalue weighted by Crippen LogP contribution is -2.07. The number of aromatic nitrogens is 3. The normalized spacial score (nSPS) is 10.4. The summed E-state index contributed by atoms with van der Waals surface area (Å²) < 4.78 is 1.69. The lowest BCUT2D eigenvalue weighted by Gasteiger charge is -2.01. The third kappa shape index (κ3) is 2.16. The number of aryl methyl sites for hydroxylation is 2. The Morgan fingerprint density at radius 3 is 2.88 bits per heavy atom. The van der Waals surface area contributed by atoms with Gasteiger partial charge in [-0.3, -0.25) is 14.5 Å². The van der Waals surface area contributed by atoms with Gasteiger partial charge in [-0.2, -0.15) is 5.10 Å². The van der Waals surface area contributed by atoms with E-state index < -0.39 is 0 Å². The van der Waals surface area contributed by atoms with E-state index in [1.165, 1.54) is 0 Å². The molecule has 82 valence electrons. The minimum absolute atomic E-state index is 0.0595. The highest BCUT2D eigenvalue weighted by molar-refractivity contribution is 5.98. The first-order chi connectivity index (χ1) is 7.66. The summed E-state index contributed by atoms with van der Waals surface area (Å²) in [7, 11) is 1.84. The summed E-state index contributed by atoms with van der Waals surface area (Å²) in [6.45, 7) is 1.91. The van der Waals surface area contributed by atoms with Gasteiger partial charge in [-0.1, -0.05) is 0 Å². The SMILES string of the molecule is Cc1ccncc1C(=O)Cc1ccn(C)n1. The van der Waals surface area contributed by atoms with Crippen LogP contribution in [-0.2, 0) is 13.5 Å². The zero-order chi connectivity index (χ0) is 11.5. The number of Topliss-reactive ketones (excluding diaryl/α,β-unsaturated/α-hetero) is 1. The standard InChI is InChI=1S/C12H13N3O/c1-9-3-5-13-8-11(9)12(16)7-10-4-6-15(2)14-10/h3-6,8H,7H2,1-2H3. The molecule has 0 radical (unpaired) electrons. The third-order valence-corrected chi connectivity index (χ3v) is 2.45. The molecule has 0 bridgehead atoms. The van der Waals surface area contributed by atoms with Gasteiger partial charge in [0.15, 0.2) is 5.78 Å². The van der Waals surface area contributed by atoms with Gasteiger partial charge in [-0.25, -0.2) is 0 Å². The quantitative estimate of drug-likeness (QED) is 0.730. The molecule has 2 heterocycles. The molecule has 0 saturated carbocycles. The van der Waals surface area contributed by atoms with Crippen molar-refractivity contribution in [3.8, 4) is 0 Å². The minimum Gasteiger partial charge on any atom is -0.294 e. The van der Waals surface area contributed by atoms with Crippen LogP contribution >= 0.6 is 0 Å². The van der Waals surface area contributed by atoms with E-state index in [1.54, 1.807) is 17.1 Å². The van der Waals surface area contributed by atoms with Crippen LogP contribution < -0.4 is 0 Å². The Morgan fingerprint density at radius 2 is 2.25 bits per heavy atom. The zero-order valence-electron chi connectivity index (χ0n) is 9.34. The van der Waals surface area contributed by atoms with Crippen molar-refractivity contribution in [1.82, 2.24) is 14.8 Å². The lowest BCUT2D eigenvalue weighted by molar-refractivity contribution is 0.0991. The molecule has 4 nitrogen and oxygen atoms in total. The van der Waals surface area contributed by atoms with E-state index in [2.05, 4.69) is 10.1 Å². The van der Waals surface area contributed by atoms with Crippen molar-refractivity contribution in [2.45, 2.75) is 13.3 Å². The molecule has 0 aliphatic rings. The number of carbonyl (C=O) groups excluding carboxylic acids is 1. The van der Waals surface area contributed by atoms with Gasteiger partial charge in [0, 0.05) is 31.2 Å². The highest BCUT2D eigenvalue weighted by atomic mass is 16.1. The zero-order valence-corrected chi connectivity index (χ0v) is 9.34. The number of ketones is 1. The fraction of sp³-hybridized carbons (Fsp3) is 0.250. The summed E-state index contributed by atoms with van der Waals surface area (Å²) in [6, 6.07) is 3.69. The molecule has 4 heteroatoms. The molecule has 0 N–H and O–H groups in total. The molecule has 2 aromatic rings. The van der Waals surface area contributed by atoms with Crippen molar-refractivity contribution in [2.75, 3.05) is 0 Å². The van der Waals surface area contributed by atoms with Gasteiger partial charge in [0.2, 0.25) is 0 Å². The second kappa shape index (κ2) is 4.26. The highest BCUT2D eigenvalue weighted by Crippen LogP contribution is 2.09. The third-order valence-electron chi connectivity index (χ3n) is 2.45. The van der Waals surface area contributed by atoms with Crippen LogP contribution in [0.3, 0.4) is 0 Å². The number of carbonyl (C=O) groups is 1. The Kier molecular flexibility index (Phi) is 2.81. The van der Waals surface area contributed by atoms with Crippen LogP contribution in [0, 0.1) is 6.92 Å². The van der Waals surface area contributed by atoms with Gasteiger partial charge in [-0.05, 0) is 24.6 Å². The highest BCUT2D eigenvalue weighted by Gasteiger charge is 2.11. The molecule has 0 aliphatic heterocycles. The van der Waals surface area contributed by atoms with E-state index in [0.29, 0.717) is 12.0 Å². The number of pyridine rings is 1. The molecule has 16 heavy (non-hydrogen) atoms. The first-order valence-electron chi connectivity index (χ1n) is 5.09. The first kappa shape index (κ1) is 10.5. The molecule has 0 saturated heterocycles. The fourth-order valence-electron chi connectivity index (χ4n) is 1.57. The molecule has 0 amide bonds. The van der Waals surface area contributed by atoms with Gasteiger partial charge in [0.05, 0.1) is 12.1 Å². The van der Waals surface area contributed by atoms with Crippen molar-refractivity contribution in [3.63, 3.8) is 0 Å². The summed E-state index contributed by atoms with van der Waals surface area (Å²) in [5.41, 5.74) is 2.42. The number of rotatable bonds is 3. The summed E-state index contributed by atoms with van der Waals surface area (Å²) >= 11 is 0. The van der Waals surface area contributed by atoms with E-state index >= 15 is 0 Å². The predicted molar refractivity (Wildman–Crippen MR) is 60.2 cm³/mol. The van der Waals surface area contributed by atoms with Crippen LogP contribution in [0.5, 0.6) is 0 Å². The van der Waals surface area contributed by atoms with Gasteiger partial charge in [0.1, 0.15) is 0 Å². The summed E-state index contributed by atoms with van der Waals surface area (Å²) in [5, 5.41) is 4.18. The maximum atomic E-state index is 12.0. The van der Waals surface area contributed by atoms with Gasteiger partial charge in [-0.15, -0.1) is 0 Å². The monoisotopic (exact) mass is 215 g/mol. The summed E-state index contributed by atoms with van der Waals surface area (Å²) in [4.78, 5) is 15.9. The topological polar surface area (TPSA) is 47.8 Å². The molecule has 0 atom stereocenters. The molecule has 0 fully saturated rings. The van der Waals surface area contributed by atoms with Gasteiger partial charge >= 0.3 is 0 Å². The average molecular weight is 215 g/mol. The second-order valence-electron chi connectivity index (χ2n) is 3.77. The Bertz CT molecular complexity index is 516. The Labute approximate surface area is 93.9 Å². The lowest BCUT2D eigenvalue weighted by atomic mass is 10.0. The van der Waals surface area contributed by atoms with Crippen LogP contribution in [0.15, 0.2) is 30.7 Å². The predicted octanol–water partition coefficient (Wildman–Crippen LogP) is 1.55. The fourth-order valence-corrected chi connectivity index (χ4v) is 1.57. The average Bonchev–Trinajstić information content (AvgIpc) is 2.64. The number of nitrogens with zero attached hydrogens (tertiary/aromatic N) is 3. The van der Waals surface area contributed by atoms with Gasteiger partial charge in [0.25, 0.3) is 0 Å². The van der Waals surface area contributed by atoms with Crippen LogP contribution in [0.2, 0.25) is 0 Å². The van der Waals surface area contributed by atoms with E-state index in [9.17, 15) is 4.79 Å². The molecule has 0 aliphatic carbocycles. The molecular weight excluding hydrogens is 202 g/mol. The van der Waals surface area contributed by atoms with E-state index in [4.69, 9.17) is 0 Å². The Hall–Kier alpha value is -1.97. The van der Waals surface area contributed by atoms with E-state index in [0.717, 1.165) is 11.3 Å². The van der Waals surface area contributed by atoms with Crippen molar-refractivity contribution < 1.29 is 4.79 Å². The Balaban J connectivity index is 2.18. The Morgan fingerprint density at radius 1 is 1.44 bits per heavy atom.